The Kier molecular flexibility index (Phi) is 4.58. The fourth-order valence-corrected chi connectivity index (χ4v) is 3.84. The molecular formula is C17H25N3O3. The summed E-state index contributed by atoms with van der Waals surface area (Å²) in [4.78, 5) is 25.5. The normalized spacial score (nSPS) is 28.9. The van der Waals surface area contributed by atoms with Crippen LogP contribution in [0.1, 0.15) is 51.4 Å². The molecule has 3 aliphatic carbocycles. The van der Waals surface area contributed by atoms with E-state index in [1.54, 1.807) is 0 Å². The molecular weight excluding hydrogens is 294 g/mol. The van der Waals surface area contributed by atoms with Crippen molar-refractivity contribution in [2.45, 2.75) is 63.5 Å². The Morgan fingerprint density at radius 2 is 1.91 bits per heavy atom. The van der Waals surface area contributed by atoms with Gasteiger partial charge in [0, 0.05) is 18.6 Å². The number of hydrogen-bond acceptors (Lipinski definition) is 4. The van der Waals surface area contributed by atoms with Crippen molar-refractivity contribution in [1.29, 1.82) is 5.26 Å². The minimum atomic E-state index is -0.820. The average molecular weight is 319 g/mol. The second kappa shape index (κ2) is 6.48. The number of nitrogens with zero attached hydrogens (tertiary/aromatic N) is 2. The van der Waals surface area contributed by atoms with Gasteiger partial charge in [-0.2, -0.15) is 5.26 Å². The summed E-state index contributed by atoms with van der Waals surface area (Å²) in [5.41, 5.74) is -0.820. The smallest absolute Gasteiger partial charge is 0.317 e. The summed E-state index contributed by atoms with van der Waals surface area (Å²) in [6, 6.07) is 2.57. The molecule has 3 aliphatic rings. The summed E-state index contributed by atoms with van der Waals surface area (Å²) in [5, 5.41) is 21.4. The Bertz CT molecular complexity index is 512. The van der Waals surface area contributed by atoms with Crippen LogP contribution in [0.2, 0.25) is 0 Å². The van der Waals surface area contributed by atoms with E-state index in [1.165, 1.54) is 12.8 Å². The average Bonchev–Trinajstić information content (AvgIpc) is 3.14. The molecule has 23 heavy (non-hydrogen) atoms. The summed E-state index contributed by atoms with van der Waals surface area (Å²) in [6.45, 7) is 0.948. The molecule has 6 nitrogen and oxygen atoms in total. The summed E-state index contributed by atoms with van der Waals surface area (Å²) < 4.78 is 0. The van der Waals surface area contributed by atoms with Gasteiger partial charge in [0.1, 0.15) is 5.41 Å². The molecule has 0 spiro atoms. The van der Waals surface area contributed by atoms with Gasteiger partial charge < -0.3 is 10.4 Å². The molecule has 1 amide bonds. The van der Waals surface area contributed by atoms with Gasteiger partial charge in [0.2, 0.25) is 5.91 Å². The summed E-state index contributed by atoms with van der Waals surface area (Å²) in [6.07, 6.45) is 7.22. The van der Waals surface area contributed by atoms with Gasteiger partial charge in [-0.05, 0) is 44.4 Å². The summed E-state index contributed by atoms with van der Waals surface area (Å²) in [7, 11) is 0. The highest BCUT2D eigenvalue weighted by Gasteiger charge is 2.44. The molecule has 0 heterocycles. The quantitative estimate of drug-likeness (QED) is 0.742. The molecule has 0 saturated heterocycles. The van der Waals surface area contributed by atoms with E-state index in [-0.39, 0.29) is 24.5 Å². The largest absolute Gasteiger partial charge is 0.480 e. The van der Waals surface area contributed by atoms with Gasteiger partial charge in [0.15, 0.2) is 0 Å². The van der Waals surface area contributed by atoms with Crippen LogP contribution in [0.15, 0.2) is 0 Å². The Balaban J connectivity index is 1.48. The standard InChI is InChI=1S/C17H25N3O3/c18-11-17(5-1-2-6-17)16(23)19-13-7-14(8-13)20(10-15(21)22)9-12-3-4-12/h12-14H,1-10H2,(H,19,23)(H,21,22). The number of hydrogen-bond donors (Lipinski definition) is 2. The zero-order valence-corrected chi connectivity index (χ0v) is 13.5. The Labute approximate surface area is 136 Å². The van der Waals surface area contributed by atoms with Gasteiger partial charge >= 0.3 is 5.97 Å². The van der Waals surface area contributed by atoms with Gasteiger partial charge in [0.25, 0.3) is 0 Å². The highest BCUT2D eigenvalue weighted by atomic mass is 16.4. The maximum atomic E-state index is 12.4. The van der Waals surface area contributed by atoms with Crippen molar-refractivity contribution in [3.05, 3.63) is 0 Å². The van der Waals surface area contributed by atoms with Gasteiger partial charge in [0.05, 0.1) is 12.6 Å². The molecule has 0 bridgehead atoms. The second-order valence-corrected chi connectivity index (χ2v) is 7.46. The highest BCUT2D eigenvalue weighted by Crippen LogP contribution is 2.39. The SMILES string of the molecule is N#CC1(C(=O)NC2CC(N(CC(=O)O)CC3CC3)C2)CCCC1. The fourth-order valence-electron chi connectivity index (χ4n) is 3.84. The molecule has 0 aromatic heterocycles. The lowest BCUT2D eigenvalue weighted by molar-refractivity contribution is -0.140. The monoisotopic (exact) mass is 319 g/mol. The summed E-state index contributed by atoms with van der Waals surface area (Å²) in [5.74, 6) is -0.246. The van der Waals surface area contributed by atoms with Crippen LogP contribution in [-0.4, -0.2) is 47.1 Å². The summed E-state index contributed by atoms with van der Waals surface area (Å²) >= 11 is 0. The zero-order chi connectivity index (χ0) is 16.4. The minimum absolute atomic E-state index is 0.0873. The lowest BCUT2D eigenvalue weighted by atomic mass is 9.82. The first-order valence-electron chi connectivity index (χ1n) is 8.70. The molecule has 0 aromatic rings. The van der Waals surface area contributed by atoms with Crippen molar-refractivity contribution in [2.75, 3.05) is 13.1 Å². The Hall–Kier alpha value is -1.61. The number of carbonyl (C=O) groups is 2. The molecule has 0 atom stereocenters. The van der Waals surface area contributed by atoms with Crippen LogP contribution in [0.4, 0.5) is 0 Å². The molecule has 2 N–H and O–H groups in total. The van der Waals surface area contributed by atoms with Crippen molar-refractivity contribution in [3.8, 4) is 6.07 Å². The number of nitrogens with one attached hydrogen (secondary N) is 1. The Morgan fingerprint density at radius 1 is 1.26 bits per heavy atom. The number of amides is 1. The van der Waals surface area contributed by atoms with Crippen molar-refractivity contribution < 1.29 is 14.7 Å². The maximum absolute atomic E-state index is 12.4. The van der Waals surface area contributed by atoms with Gasteiger partial charge in [-0.3, -0.25) is 14.5 Å². The van der Waals surface area contributed by atoms with E-state index in [0.717, 1.165) is 32.2 Å². The van der Waals surface area contributed by atoms with E-state index >= 15 is 0 Å². The topological polar surface area (TPSA) is 93.4 Å². The molecule has 0 radical (unpaired) electrons. The van der Waals surface area contributed by atoms with Crippen LogP contribution in [-0.2, 0) is 9.59 Å². The third-order valence-corrected chi connectivity index (χ3v) is 5.60. The number of carbonyl (C=O) groups excluding carboxylic acids is 1. The van der Waals surface area contributed by atoms with Gasteiger partial charge in [-0.1, -0.05) is 12.8 Å². The van der Waals surface area contributed by atoms with Crippen LogP contribution in [0, 0.1) is 22.7 Å². The van der Waals surface area contributed by atoms with E-state index in [2.05, 4.69) is 16.3 Å². The first kappa shape index (κ1) is 16.3. The zero-order valence-electron chi connectivity index (χ0n) is 13.5. The number of carboxylic acid groups (broad SMARTS) is 1. The first-order valence-corrected chi connectivity index (χ1v) is 8.70. The molecule has 3 saturated carbocycles. The predicted octanol–water partition coefficient (Wildman–Crippen LogP) is 1.51. The van der Waals surface area contributed by atoms with Gasteiger partial charge in [-0.15, -0.1) is 0 Å². The molecule has 0 aliphatic heterocycles. The molecule has 126 valence electrons. The van der Waals surface area contributed by atoms with Crippen LogP contribution >= 0.6 is 0 Å². The van der Waals surface area contributed by atoms with E-state index in [4.69, 9.17) is 5.11 Å². The van der Waals surface area contributed by atoms with Crippen LogP contribution < -0.4 is 5.32 Å². The number of aliphatic carboxylic acids is 1. The lowest BCUT2D eigenvalue weighted by Gasteiger charge is -2.43. The van der Waals surface area contributed by atoms with Crippen molar-refractivity contribution in [2.24, 2.45) is 11.3 Å². The van der Waals surface area contributed by atoms with Crippen LogP contribution in [0.3, 0.4) is 0 Å². The van der Waals surface area contributed by atoms with Gasteiger partial charge in [-0.25, -0.2) is 0 Å². The molecule has 0 unspecified atom stereocenters. The van der Waals surface area contributed by atoms with E-state index < -0.39 is 11.4 Å². The van der Waals surface area contributed by atoms with Crippen molar-refractivity contribution in [3.63, 3.8) is 0 Å². The molecule has 6 heteroatoms. The van der Waals surface area contributed by atoms with E-state index in [1.807, 2.05) is 0 Å². The third-order valence-electron chi connectivity index (χ3n) is 5.60. The number of rotatable bonds is 7. The molecule has 3 rings (SSSR count). The Morgan fingerprint density at radius 3 is 2.43 bits per heavy atom. The predicted molar refractivity (Wildman–Crippen MR) is 83.4 cm³/mol. The number of carboxylic acids is 1. The number of nitriles is 1. The van der Waals surface area contributed by atoms with Crippen molar-refractivity contribution in [1.82, 2.24) is 10.2 Å². The van der Waals surface area contributed by atoms with Crippen LogP contribution in [0.5, 0.6) is 0 Å². The van der Waals surface area contributed by atoms with E-state index in [9.17, 15) is 14.9 Å². The fraction of sp³-hybridized carbons (Fsp3) is 0.824. The second-order valence-electron chi connectivity index (χ2n) is 7.46. The molecule has 0 aromatic carbocycles. The molecule has 3 fully saturated rings. The maximum Gasteiger partial charge on any atom is 0.317 e. The third kappa shape index (κ3) is 3.66. The first-order chi connectivity index (χ1) is 11.0. The van der Waals surface area contributed by atoms with E-state index in [0.29, 0.717) is 18.8 Å². The van der Waals surface area contributed by atoms with Crippen molar-refractivity contribution >= 4 is 11.9 Å². The minimum Gasteiger partial charge on any atom is -0.480 e. The highest BCUT2D eigenvalue weighted by molar-refractivity contribution is 5.86. The van der Waals surface area contributed by atoms with Crippen LogP contribution in [0.25, 0.3) is 0 Å². The lowest BCUT2D eigenvalue weighted by Crippen LogP contribution is -2.57.